The molecule has 0 saturated heterocycles. The molecule has 0 fully saturated rings. The molecule has 1 atom stereocenters. The highest BCUT2D eigenvalue weighted by molar-refractivity contribution is 7.99. The second-order valence-corrected chi connectivity index (χ2v) is 6.79. The van der Waals surface area contributed by atoms with Crippen molar-refractivity contribution in [3.05, 3.63) is 35.4 Å². The van der Waals surface area contributed by atoms with Crippen molar-refractivity contribution in [3.8, 4) is 0 Å². The number of nitrogens with one attached hydrogen (secondary N) is 1. The number of nitrogens with zero attached hydrogens (tertiary/aromatic N) is 3. The number of fused-ring (bicyclic) bond motifs is 1. The van der Waals surface area contributed by atoms with Gasteiger partial charge >= 0.3 is 5.97 Å². The summed E-state index contributed by atoms with van der Waals surface area (Å²) in [5.74, 6) is 1.80. The first kappa shape index (κ1) is 17.6. The maximum absolute atomic E-state index is 12.6. The topological polar surface area (TPSA) is 82.2 Å². The van der Waals surface area contributed by atoms with E-state index in [1.807, 2.05) is 19.9 Å². The summed E-state index contributed by atoms with van der Waals surface area (Å²) >= 11 is 1.59. The minimum absolute atomic E-state index is 0.364. The molecule has 3 heterocycles. The van der Waals surface area contributed by atoms with Crippen LogP contribution in [0.5, 0.6) is 0 Å². The number of ether oxygens (including phenoxy) is 1. The van der Waals surface area contributed by atoms with Crippen molar-refractivity contribution in [1.82, 2.24) is 14.8 Å². The smallest absolute Gasteiger partial charge is 0.338 e. The molecule has 2 aromatic rings. The Morgan fingerprint density at radius 1 is 1.44 bits per heavy atom. The van der Waals surface area contributed by atoms with Gasteiger partial charge in [0.15, 0.2) is 0 Å². The van der Waals surface area contributed by atoms with Gasteiger partial charge in [0.25, 0.3) is 0 Å². The number of furan rings is 1. The number of hydrogen-bond donors (Lipinski definition) is 1. The molecule has 0 saturated carbocycles. The van der Waals surface area contributed by atoms with Gasteiger partial charge in [-0.15, -0.1) is 5.10 Å². The maximum Gasteiger partial charge on any atom is 0.338 e. The molecule has 1 unspecified atom stereocenters. The zero-order chi connectivity index (χ0) is 17.8. The fourth-order valence-electron chi connectivity index (χ4n) is 2.63. The average molecular weight is 362 g/mol. The van der Waals surface area contributed by atoms with Crippen LogP contribution in [0.15, 0.2) is 39.2 Å². The van der Waals surface area contributed by atoms with Crippen LogP contribution < -0.4 is 5.32 Å². The molecule has 1 N–H and O–H groups in total. The minimum Gasteiger partial charge on any atom is -0.467 e. The van der Waals surface area contributed by atoms with E-state index < -0.39 is 6.04 Å². The highest BCUT2D eigenvalue weighted by Gasteiger charge is 2.36. The van der Waals surface area contributed by atoms with Crippen molar-refractivity contribution in [3.63, 3.8) is 0 Å². The lowest BCUT2D eigenvalue weighted by molar-refractivity contribution is -0.139. The maximum atomic E-state index is 12.6. The first-order chi connectivity index (χ1) is 12.2. The summed E-state index contributed by atoms with van der Waals surface area (Å²) in [5, 5.41) is 8.42. The monoisotopic (exact) mass is 362 g/mol. The van der Waals surface area contributed by atoms with E-state index >= 15 is 0 Å². The second kappa shape index (κ2) is 7.77. The van der Waals surface area contributed by atoms with E-state index in [9.17, 15) is 4.79 Å². The predicted molar refractivity (Wildman–Crippen MR) is 95.5 cm³/mol. The number of esters is 1. The van der Waals surface area contributed by atoms with E-state index in [4.69, 9.17) is 9.15 Å². The molecular formula is C17H22N4O3S. The molecule has 0 radical (unpaired) electrons. The van der Waals surface area contributed by atoms with Crippen molar-refractivity contribution in [2.75, 3.05) is 17.7 Å². The lowest BCUT2D eigenvalue weighted by atomic mass is 10.0. The molecule has 25 heavy (non-hydrogen) atoms. The summed E-state index contributed by atoms with van der Waals surface area (Å²) in [6.07, 6.45) is 3.39. The zero-order valence-corrected chi connectivity index (χ0v) is 15.4. The minimum atomic E-state index is -0.487. The standard InChI is InChI=1S/C17H22N4O3S/c1-4-8-24-15(22)13-11(3)18-16-19-17(25-10-5-2)20-21(16)14(13)12-7-6-9-23-12/h6-7,9,14H,4-5,8,10H2,1-3H3,(H,18,19,20). The molecule has 134 valence electrons. The van der Waals surface area contributed by atoms with Gasteiger partial charge in [0.05, 0.1) is 18.4 Å². The largest absolute Gasteiger partial charge is 0.467 e. The quantitative estimate of drug-likeness (QED) is 0.595. The normalized spacial score (nSPS) is 16.5. The number of carbonyl (C=O) groups excluding carboxylic acids is 1. The van der Waals surface area contributed by atoms with Crippen molar-refractivity contribution < 1.29 is 13.9 Å². The molecule has 0 amide bonds. The lowest BCUT2D eigenvalue weighted by Gasteiger charge is -2.26. The van der Waals surface area contributed by atoms with Gasteiger partial charge in [-0.1, -0.05) is 25.6 Å². The van der Waals surface area contributed by atoms with Crippen LogP contribution in [-0.2, 0) is 9.53 Å². The van der Waals surface area contributed by atoms with Gasteiger partial charge in [0.2, 0.25) is 11.1 Å². The van der Waals surface area contributed by atoms with Crippen LogP contribution in [0.1, 0.15) is 45.4 Å². The Morgan fingerprint density at radius 2 is 2.28 bits per heavy atom. The Balaban J connectivity index is 2.00. The van der Waals surface area contributed by atoms with Gasteiger partial charge in [0.1, 0.15) is 11.8 Å². The number of aromatic nitrogens is 3. The van der Waals surface area contributed by atoms with E-state index in [2.05, 4.69) is 22.3 Å². The van der Waals surface area contributed by atoms with Crippen LogP contribution in [-0.4, -0.2) is 33.1 Å². The molecule has 1 aliphatic heterocycles. The molecule has 0 bridgehead atoms. The SMILES string of the molecule is CCCOC(=O)C1=C(C)Nc2nc(SCCC)nn2C1c1ccco1. The van der Waals surface area contributed by atoms with E-state index in [-0.39, 0.29) is 5.97 Å². The fraction of sp³-hybridized carbons (Fsp3) is 0.471. The van der Waals surface area contributed by atoms with Gasteiger partial charge in [-0.3, -0.25) is 0 Å². The molecule has 1 aliphatic rings. The third-order valence-corrected chi connectivity index (χ3v) is 4.78. The molecular weight excluding hydrogens is 340 g/mol. The molecule has 0 aliphatic carbocycles. The van der Waals surface area contributed by atoms with Gasteiger partial charge in [-0.05, 0) is 31.9 Å². The molecule has 2 aromatic heterocycles. The second-order valence-electron chi connectivity index (χ2n) is 5.73. The van der Waals surface area contributed by atoms with Crippen molar-refractivity contribution >= 4 is 23.7 Å². The van der Waals surface area contributed by atoms with Crippen LogP contribution >= 0.6 is 11.8 Å². The van der Waals surface area contributed by atoms with Gasteiger partial charge in [0, 0.05) is 11.4 Å². The third-order valence-electron chi connectivity index (χ3n) is 3.74. The Kier molecular flexibility index (Phi) is 5.47. The van der Waals surface area contributed by atoms with Crippen molar-refractivity contribution in [1.29, 1.82) is 0 Å². The Morgan fingerprint density at radius 3 is 2.96 bits per heavy atom. The number of allylic oxidation sites excluding steroid dienone is 1. The number of carbonyl (C=O) groups is 1. The summed E-state index contributed by atoms with van der Waals surface area (Å²) in [5.41, 5.74) is 1.20. The van der Waals surface area contributed by atoms with Crippen LogP contribution in [0.2, 0.25) is 0 Å². The Labute approximate surface area is 150 Å². The average Bonchev–Trinajstić information content (AvgIpc) is 3.25. The van der Waals surface area contributed by atoms with Crippen LogP contribution in [0.4, 0.5) is 5.95 Å². The Bertz CT molecular complexity index is 767. The summed E-state index contributed by atoms with van der Waals surface area (Å²) in [6.45, 7) is 6.29. The molecule has 0 aromatic carbocycles. The number of rotatable bonds is 7. The van der Waals surface area contributed by atoms with Crippen molar-refractivity contribution in [2.24, 2.45) is 0 Å². The molecule has 0 spiro atoms. The van der Waals surface area contributed by atoms with E-state index in [0.717, 1.165) is 18.6 Å². The first-order valence-corrected chi connectivity index (χ1v) is 9.41. The van der Waals surface area contributed by atoms with E-state index in [1.54, 1.807) is 28.8 Å². The highest BCUT2D eigenvalue weighted by atomic mass is 32.2. The number of thioether (sulfide) groups is 1. The zero-order valence-electron chi connectivity index (χ0n) is 14.6. The number of hydrogen-bond acceptors (Lipinski definition) is 7. The van der Waals surface area contributed by atoms with Gasteiger partial charge < -0.3 is 14.5 Å². The predicted octanol–water partition coefficient (Wildman–Crippen LogP) is 3.62. The van der Waals surface area contributed by atoms with Gasteiger partial charge in [-0.2, -0.15) is 4.98 Å². The molecule has 7 nitrogen and oxygen atoms in total. The lowest BCUT2D eigenvalue weighted by Crippen LogP contribution is -2.29. The number of anilines is 1. The molecule has 3 rings (SSSR count). The van der Waals surface area contributed by atoms with E-state index in [1.165, 1.54) is 0 Å². The fourth-order valence-corrected chi connectivity index (χ4v) is 3.32. The summed E-state index contributed by atoms with van der Waals surface area (Å²) in [4.78, 5) is 17.2. The highest BCUT2D eigenvalue weighted by Crippen LogP contribution is 2.36. The van der Waals surface area contributed by atoms with Crippen LogP contribution in [0.3, 0.4) is 0 Å². The third kappa shape index (κ3) is 3.58. The van der Waals surface area contributed by atoms with Crippen LogP contribution in [0, 0.1) is 0 Å². The van der Waals surface area contributed by atoms with Crippen LogP contribution in [0.25, 0.3) is 0 Å². The Hall–Kier alpha value is -2.22. The summed E-state index contributed by atoms with van der Waals surface area (Å²) in [7, 11) is 0. The van der Waals surface area contributed by atoms with E-state index in [0.29, 0.717) is 34.7 Å². The van der Waals surface area contributed by atoms with Crippen molar-refractivity contribution in [2.45, 2.75) is 44.8 Å². The van der Waals surface area contributed by atoms with Gasteiger partial charge in [-0.25, -0.2) is 9.48 Å². The summed E-state index contributed by atoms with van der Waals surface area (Å²) < 4.78 is 12.7. The first-order valence-electron chi connectivity index (χ1n) is 8.43. The summed E-state index contributed by atoms with van der Waals surface area (Å²) in [6, 6.07) is 3.14. The molecule has 8 heteroatoms.